The van der Waals surface area contributed by atoms with Crippen molar-refractivity contribution in [3.63, 3.8) is 0 Å². The zero-order valence-electron chi connectivity index (χ0n) is 24.5. The number of nitrogens with one attached hydrogen (secondary N) is 3. The number of hydrogen-bond acceptors (Lipinski definition) is 8. The van der Waals surface area contributed by atoms with E-state index < -0.39 is 12.0 Å². The molecule has 0 saturated heterocycles. The van der Waals surface area contributed by atoms with Gasteiger partial charge in [0.05, 0.1) is 10.6 Å². The maximum absolute atomic E-state index is 12.9. The predicted molar refractivity (Wildman–Crippen MR) is 176 cm³/mol. The first-order valence-electron chi connectivity index (χ1n) is 14.3. The van der Waals surface area contributed by atoms with Gasteiger partial charge in [0.25, 0.3) is 5.91 Å². The van der Waals surface area contributed by atoms with E-state index in [4.69, 9.17) is 4.74 Å². The van der Waals surface area contributed by atoms with Crippen molar-refractivity contribution in [1.82, 2.24) is 10.3 Å². The third-order valence-electron chi connectivity index (χ3n) is 6.81. The summed E-state index contributed by atoms with van der Waals surface area (Å²) >= 11 is 1.25. The zero-order chi connectivity index (χ0) is 32.3. The number of nitriles is 1. The van der Waals surface area contributed by atoms with Crippen LogP contribution >= 0.6 is 11.3 Å². The van der Waals surface area contributed by atoms with E-state index in [1.807, 2.05) is 30.3 Å². The zero-order valence-corrected chi connectivity index (χ0v) is 25.3. The number of amides is 3. The number of phenols is 1. The van der Waals surface area contributed by atoms with Crippen LogP contribution in [0, 0.1) is 11.3 Å². The van der Waals surface area contributed by atoms with E-state index in [1.54, 1.807) is 66.0 Å². The lowest BCUT2D eigenvalue weighted by Crippen LogP contribution is -2.26. The van der Waals surface area contributed by atoms with Crippen molar-refractivity contribution in [3.8, 4) is 34.2 Å². The Balaban J connectivity index is 1.29. The first-order chi connectivity index (χ1) is 22.4. The van der Waals surface area contributed by atoms with Gasteiger partial charge in [0.1, 0.15) is 24.0 Å². The van der Waals surface area contributed by atoms with Crippen LogP contribution < -0.4 is 16.0 Å². The van der Waals surface area contributed by atoms with Crippen LogP contribution in [0.25, 0.3) is 22.4 Å². The average Bonchev–Trinajstić information content (AvgIpc) is 3.62. The fourth-order valence-electron chi connectivity index (χ4n) is 4.58. The van der Waals surface area contributed by atoms with Gasteiger partial charge in [-0.25, -0.2) is 9.78 Å². The molecule has 0 aliphatic heterocycles. The van der Waals surface area contributed by atoms with Crippen molar-refractivity contribution >= 4 is 40.7 Å². The van der Waals surface area contributed by atoms with E-state index in [1.165, 1.54) is 17.4 Å². The molecule has 11 heteroatoms. The molecule has 0 aliphatic rings. The first kappa shape index (κ1) is 31.4. The Morgan fingerprint density at radius 3 is 2.46 bits per heavy atom. The molecule has 0 atom stereocenters. The van der Waals surface area contributed by atoms with Gasteiger partial charge < -0.3 is 25.8 Å². The van der Waals surface area contributed by atoms with Gasteiger partial charge in [0.2, 0.25) is 5.91 Å². The maximum atomic E-state index is 12.9. The van der Waals surface area contributed by atoms with Crippen LogP contribution in [0.4, 0.5) is 16.3 Å². The minimum atomic E-state index is -0.559. The lowest BCUT2D eigenvalue weighted by molar-refractivity contribution is -0.116. The summed E-state index contributed by atoms with van der Waals surface area (Å²) in [5, 5.41) is 30.8. The van der Waals surface area contributed by atoms with Crippen molar-refractivity contribution in [2.45, 2.75) is 19.4 Å². The van der Waals surface area contributed by atoms with Gasteiger partial charge in [-0.15, -0.1) is 11.3 Å². The van der Waals surface area contributed by atoms with Crippen molar-refractivity contribution in [2.75, 3.05) is 17.2 Å². The Kier molecular flexibility index (Phi) is 10.3. The number of aromatic nitrogens is 1. The summed E-state index contributed by atoms with van der Waals surface area (Å²) in [7, 11) is 0. The molecule has 2 heterocycles. The van der Waals surface area contributed by atoms with Crippen LogP contribution in [0.15, 0.2) is 102 Å². The van der Waals surface area contributed by atoms with E-state index in [0.717, 1.165) is 5.56 Å². The maximum Gasteiger partial charge on any atom is 0.407 e. The van der Waals surface area contributed by atoms with Crippen LogP contribution in [0.5, 0.6) is 5.75 Å². The first-order valence-corrected chi connectivity index (χ1v) is 15.2. The summed E-state index contributed by atoms with van der Waals surface area (Å²) in [6.45, 7) is 0.420. The minimum Gasteiger partial charge on any atom is -0.507 e. The number of carbonyl (C=O) groups excluding carboxylic acids is 3. The topological polar surface area (TPSA) is 153 Å². The Morgan fingerprint density at radius 1 is 0.891 bits per heavy atom. The number of rotatable bonds is 11. The molecule has 4 N–H and O–H groups in total. The monoisotopic (exact) mass is 631 g/mol. The second kappa shape index (κ2) is 15.1. The number of ether oxygens (including phenoxy) is 1. The van der Waals surface area contributed by atoms with Crippen molar-refractivity contribution in [3.05, 3.63) is 118 Å². The molecule has 230 valence electrons. The Bertz CT molecular complexity index is 1890. The summed E-state index contributed by atoms with van der Waals surface area (Å²) in [6, 6.07) is 30.2. The number of pyridine rings is 1. The van der Waals surface area contributed by atoms with Crippen molar-refractivity contribution in [2.24, 2.45) is 0 Å². The fourth-order valence-corrected chi connectivity index (χ4v) is 5.20. The number of alkyl carbamates (subject to hydrolysis) is 1. The quantitative estimate of drug-likeness (QED) is 0.115. The molecule has 5 rings (SSSR count). The molecular weight excluding hydrogens is 602 g/mol. The number of para-hydroxylation sites is 1. The van der Waals surface area contributed by atoms with Gasteiger partial charge in [0, 0.05) is 29.8 Å². The number of carbonyl (C=O) groups is 3. The van der Waals surface area contributed by atoms with Crippen LogP contribution in [0.1, 0.15) is 33.6 Å². The molecule has 0 bridgehead atoms. The van der Waals surface area contributed by atoms with Gasteiger partial charge in [-0.3, -0.25) is 9.59 Å². The predicted octanol–water partition coefficient (Wildman–Crippen LogP) is 6.95. The van der Waals surface area contributed by atoms with E-state index in [9.17, 15) is 24.8 Å². The van der Waals surface area contributed by atoms with Gasteiger partial charge >= 0.3 is 6.09 Å². The molecule has 0 radical (unpaired) electrons. The lowest BCUT2D eigenvalue weighted by atomic mass is 9.97. The summed E-state index contributed by atoms with van der Waals surface area (Å²) < 4.78 is 5.18. The third-order valence-corrected chi connectivity index (χ3v) is 7.68. The molecule has 5 aromatic rings. The fraction of sp³-hybridized carbons (Fsp3) is 0.114. The number of thiophene rings is 1. The van der Waals surface area contributed by atoms with Crippen LogP contribution in [0.2, 0.25) is 0 Å². The summed E-state index contributed by atoms with van der Waals surface area (Å²) in [5.74, 6) is -0.646. The largest absolute Gasteiger partial charge is 0.507 e. The van der Waals surface area contributed by atoms with Crippen LogP contribution in [-0.2, 0) is 16.1 Å². The van der Waals surface area contributed by atoms with E-state index in [0.29, 0.717) is 39.4 Å². The smallest absolute Gasteiger partial charge is 0.407 e. The SMILES string of the molecule is N#Cc1c(-c2cccc(NC(=O)CCCNC(=O)OCc3ccccc3)c2)cc(-c2ccccc2O)nc1NC(=O)c1cccs1. The number of anilines is 2. The molecule has 0 saturated carbocycles. The second-order valence-corrected chi connectivity index (χ2v) is 11.0. The number of nitrogens with zero attached hydrogens (tertiary/aromatic N) is 2. The van der Waals surface area contributed by atoms with Gasteiger partial charge in [-0.2, -0.15) is 5.26 Å². The molecule has 0 fully saturated rings. The number of benzene rings is 3. The van der Waals surface area contributed by atoms with Crippen molar-refractivity contribution < 1.29 is 24.2 Å². The second-order valence-electron chi connectivity index (χ2n) is 10.1. The molecule has 0 unspecified atom stereocenters. The molecule has 10 nitrogen and oxygen atoms in total. The Labute approximate surface area is 269 Å². The highest BCUT2D eigenvalue weighted by atomic mass is 32.1. The van der Waals surface area contributed by atoms with E-state index >= 15 is 0 Å². The van der Waals surface area contributed by atoms with Crippen LogP contribution in [-0.4, -0.2) is 34.5 Å². The highest BCUT2D eigenvalue weighted by Crippen LogP contribution is 2.36. The molecule has 0 spiro atoms. The molecule has 0 aliphatic carbocycles. The van der Waals surface area contributed by atoms with E-state index in [2.05, 4.69) is 27.0 Å². The number of aromatic hydroxyl groups is 1. The van der Waals surface area contributed by atoms with Gasteiger partial charge in [0.15, 0.2) is 5.82 Å². The Morgan fingerprint density at radius 2 is 1.70 bits per heavy atom. The Hall–Kier alpha value is -5.99. The van der Waals surface area contributed by atoms with Crippen molar-refractivity contribution in [1.29, 1.82) is 5.26 Å². The molecule has 46 heavy (non-hydrogen) atoms. The molecule has 2 aromatic heterocycles. The minimum absolute atomic E-state index is 0.0128. The van der Waals surface area contributed by atoms with Gasteiger partial charge in [-0.05, 0) is 59.3 Å². The average molecular weight is 632 g/mol. The summed E-state index contributed by atoms with van der Waals surface area (Å²) in [6.07, 6.45) is -0.0126. The number of hydrogen-bond donors (Lipinski definition) is 4. The third kappa shape index (κ3) is 8.13. The molecular formula is C35H29N5O5S. The molecule has 3 aromatic carbocycles. The van der Waals surface area contributed by atoms with Crippen LogP contribution in [0.3, 0.4) is 0 Å². The normalized spacial score (nSPS) is 10.4. The van der Waals surface area contributed by atoms with E-state index in [-0.39, 0.29) is 42.6 Å². The highest BCUT2D eigenvalue weighted by molar-refractivity contribution is 7.12. The summed E-state index contributed by atoms with van der Waals surface area (Å²) in [4.78, 5) is 42.6. The lowest BCUT2D eigenvalue weighted by Gasteiger charge is -2.15. The van der Waals surface area contributed by atoms with Gasteiger partial charge in [-0.1, -0.05) is 60.7 Å². The molecule has 3 amide bonds. The standard InChI is InChI=1S/C35H29N5O5S/c36-21-28-27(20-29(26-13-4-5-14-30(26)41)39-33(28)40-34(43)31-15-8-18-46-31)24-11-6-12-25(19-24)38-32(42)16-7-17-37-35(44)45-22-23-9-2-1-3-10-23/h1-6,8-15,18-20,41H,7,16-17,22H2,(H,37,44)(H,38,42)(H,39,40,43). The highest BCUT2D eigenvalue weighted by Gasteiger charge is 2.20. The number of phenolic OH excluding ortho intramolecular Hbond substituents is 1. The summed E-state index contributed by atoms with van der Waals surface area (Å²) in [5.41, 5.74) is 3.29.